The Hall–Kier alpha value is -4.21. The van der Waals surface area contributed by atoms with Crippen LogP contribution in [-0.2, 0) is 6.42 Å². The second kappa shape index (κ2) is 11.6. The molecule has 0 atom stereocenters. The van der Waals surface area contributed by atoms with Crippen LogP contribution in [0, 0.1) is 0 Å². The Bertz CT molecular complexity index is 1990. The number of carbonyl (C=O) groups excluding carboxylic acids is 2. The lowest BCUT2D eigenvalue weighted by atomic mass is 9.96. The van der Waals surface area contributed by atoms with Gasteiger partial charge in [-0.2, -0.15) is 0 Å². The van der Waals surface area contributed by atoms with Crippen molar-refractivity contribution in [3.05, 3.63) is 115 Å². The average Bonchev–Trinajstić information content (AvgIpc) is 2.97. The van der Waals surface area contributed by atoms with Crippen molar-refractivity contribution in [3.63, 3.8) is 0 Å². The molecule has 5 rings (SSSR count). The van der Waals surface area contributed by atoms with E-state index in [0.29, 0.717) is 21.9 Å². The summed E-state index contributed by atoms with van der Waals surface area (Å²) >= 11 is 24.4. The minimum atomic E-state index is -1.54. The quantitative estimate of drug-likeness (QED) is 0.0929. The van der Waals surface area contributed by atoms with E-state index in [1.54, 1.807) is 54.6 Å². The third-order valence-electron chi connectivity index (χ3n) is 6.49. The molecule has 0 unspecified atom stereocenters. The molecular weight excluding hydrogens is 626 g/mol. The maximum absolute atomic E-state index is 13.3. The van der Waals surface area contributed by atoms with Crippen LogP contribution in [0.4, 0.5) is 5.69 Å². The molecule has 0 saturated heterocycles. The molecule has 1 heterocycles. The lowest BCUT2D eigenvalue weighted by Gasteiger charge is -2.15. The number of hydrogen-bond donors (Lipinski definition) is 3. The van der Waals surface area contributed by atoms with E-state index < -0.39 is 44.8 Å². The number of amides is 1. The summed E-state index contributed by atoms with van der Waals surface area (Å²) in [5.41, 5.74) is -0.441. The molecule has 0 fully saturated rings. The monoisotopic (exact) mass is 640 g/mol. The molecule has 0 aliphatic carbocycles. The Kier molecular flexibility index (Phi) is 8.08. The number of nitrogens with one attached hydrogen (secondary N) is 1. The summed E-state index contributed by atoms with van der Waals surface area (Å²) in [5, 5.41) is 22.6. The van der Waals surface area contributed by atoms with Crippen molar-refractivity contribution >= 4 is 97.4 Å². The number of Topliss-reactive ketones (excluding diaryl/α,β-unsaturated/α-hetero) is 1. The molecule has 0 bridgehead atoms. The first-order valence-electron chi connectivity index (χ1n) is 12.1. The SMILES string of the molecule is O=C(O)c1cc2ccccc2cc1C(=O)Cc1ccc2cccc(NC(=O)c3c(Cl)c(Cl)c(Cl)c(Cl)c3C(=O)O)c2n1. The molecule has 1 amide bonds. The second-order valence-electron chi connectivity index (χ2n) is 9.10. The fourth-order valence-electron chi connectivity index (χ4n) is 4.52. The number of para-hydroxylation sites is 1. The number of carboxylic acids is 2. The standard InChI is InChI=1S/C30H16Cl4N2O6/c31-23-21(22(30(41)42)24(32)26(34)25(23)33)28(38)36-19-7-3-6-13-8-9-16(35-27(13)19)12-20(37)17-10-14-4-1-2-5-15(14)11-18(17)29(39)40/h1-11H,12H2,(H,36,38)(H,39,40)(H,41,42). The molecule has 1 aromatic heterocycles. The van der Waals surface area contributed by atoms with Gasteiger partial charge in [-0.1, -0.05) is 88.9 Å². The zero-order valence-electron chi connectivity index (χ0n) is 21.0. The summed E-state index contributed by atoms with van der Waals surface area (Å²) < 4.78 is 0. The van der Waals surface area contributed by atoms with Crippen LogP contribution < -0.4 is 5.32 Å². The van der Waals surface area contributed by atoms with Crippen LogP contribution in [-0.4, -0.2) is 38.8 Å². The lowest BCUT2D eigenvalue weighted by Crippen LogP contribution is -2.18. The fraction of sp³-hybridized carbons (Fsp3) is 0.0333. The van der Waals surface area contributed by atoms with Crippen molar-refractivity contribution in [2.75, 3.05) is 5.32 Å². The maximum atomic E-state index is 13.3. The van der Waals surface area contributed by atoms with Crippen LogP contribution in [0.2, 0.25) is 20.1 Å². The molecule has 0 aliphatic rings. The first-order valence-corrected chi connectivity index (χ1v) is 13.6. The highest BCUT2D eigenvalue weighted by Gasteiger charge is 2.29. The number of fused-ring (bicyclic) bond motifs is 2. The van der Waals surface area contributed by atoms with Crippen molar-refractivity contribution < 1.29 is 29.4 Å². The zero-order chi connectivity index (χ0) is 30.3. The summed E-state index contributed by atoms with van der Waals surface area (Å²) in [6.45, 7) is 0. The highest BCUT2D eigenvalue weighted by Crippen LogP contribution is 2.42. The Morgan fingerprint density at radius 2 is 1.26 bits per heavy atom. The zero-order valence-corrected chi connectivity index (χ0v) is 24.1. The summed E-state index contributed by atoms with van der Waals surface area (Å²) in [7, 11) is 0. The topological polar surface area (TPSA) is 134 Å². The number of anilines is 1. The molecule has 42 heavy (non-hydrogen) atoms. The van der Waals surface area contributed by atoms with Crippen LogP contribution in [0.5, 0.6) is 0 Å². The van der Waals surface area contributed by atoms with Gasteiger partial charge in [-0.05, 0) is 35.0 Å². The van der Waals surface area contributed by atoms with E-state index >= 15 is 0 Å². The number of nitrogens with zero attached hydrogens (tertiary/aromatic N) is 1. The van der Waals surface area contributed by atoms with E-state index in [1.165, 1.54) is 12.1 Å². The van der Waals surface area contributed by atoms with Crippen molar-refractivity contribution in [2.24, 2.45) is 0 Å². The highest BCUT2D eigenvalue weighted by atomic mass is 35.5. The van der Waals surface area contributed by atoms with Crippen molar-refractivity contribution in [3.8, 4) is 0 Å². The van der Waals surface area contributed by atoms with Gasteiger partial charge in [-0.3, -0.25) is 14.6 Å². The van der Waals surface area contributed by atoms with Crippen LogP contribution >= 0.6 is 46.4 Å². The van der Waals surface area contributed by atoms with Crippen LogP contribution in [0.3, 0.4) is 0 Å². The Balaban J connectivity index is 1.52. The lowest BCUT2D eigenvalue weighted by molar-refractivity contribution is 0.0683. The second-order valence-corrected chi connectivity index (χ2v) is 10.6. The van der Waals surface area contributed by atoms with Gasteiger partial charge in [0.2, 0.25) is 0 Å². The van der Waals surface area contributed by atoms with E-state index in [2.05, 4.69) is 10.3 Å². The molecule has 0 spiro atoms. The van der Waals surface area contributed by atoms with E-state index in [-0.39, 0.29) is 38.8 Å². The molecule has 210 valence electrons. The molecule has 8 nitrogen and oxygen atoms in total. The third-order valence-corrected chi connectivity index (χ3v) is 8.29. The minimum Gasteiger partial charge on any atom is -0.478 e. The number of aromatic carboxylic acids is 2. The van der Waals surface area contributed by atoms with Crippen molar-refractivity contribution in [1.82, 2.24) is 4.98 Å². The fourth-order valence-corrected chi connectivity index (χ4v) is 5.54. The summed E-state index contributed by atoms with van der Waals surface area (Å²) in [4.78, 5) is 55.0. The molecule has 5 aromatic rings. The Labute approximate surface area is 257 Å². The normalized spacial score (nSPS) is 11.0. The maximum Gasteiger partial charge on any atom is 0.338 e. The molecule has 0 saturated carbocycles. The van der Waals surface area contributed by atoms with Crippen molar-refractivity contribution in [1.29, 1.82) is 0 Å². The largest absolute Gasteiger partial charge is 0.478 e. The number of hydrogen-bond acceptors (Lipinski definition) is 5. The van der Waals surface area contributed by atoms with Gasteiger partial charge >= 0.3 is 11.9 Å². The van der Waals surface area contributed by atoms with Gasteiger partial charge in [0, 0.05) is 16.6 Å². The number of pyridine rings is 1. The van der Waals surface area contributed by atoms with E-state index in [4.69, 9.17) is 46.4 Å². The molecule has 0 radical (unpaired) electrons. The first-order chi connectivity index (χ1) is 20.0. The first kappa shape index (κ1) is 29.3. The average molecular weight is 642 g/mol. The Morgan fingerprint density at radius 1 is 0.667 bits per heavy atom. The van der Waals surface area contributed by atoms with Gasteiger partial charge in [-0.15, -0.1) is 0 Å². The smallest absolute Gasteiger partial charge is 0.338 e. The number of carbonyl (C=O) groups is 4. The molecule has 0 aliphatic heterocycles. The van der Waals surface area contributed by atoms with Crippen molar-refractivity contribution in [2.45, 2.75) is 6.42 Å². The number of benzene rings is 4. The Morgan fingerprint density at radius 3 is 1.88 bits per heavy atom. The number of ketones is 1. The van der Waals surface area contributed by atoms with Gasteiger partial charge in [0.1, 0.15) is 0 Å². The van der Waals surface area contributed by atoms with Crippen LogP contribution in [0.1, 0.15) is 47.1 Å². The third kappa shape index (κ3) is 5.37. The number of halogens is 4. The van der Waals surface area contributed by atoms with Gasteiger partial charge in [0.05, 0.1) is 54.4 Å². The van der Waals surface area contributed by atoms with E-state index in [1.807, 2.05) is 0 Å². The minimum absolute atomic E-state index is 0.0389. The number of carboxylic acid groups (broad SMARTS) is 2. The van der Waals surface area contributed by atoms with Crippen LogP contribution in [0.25, 0.3) is 21.7 Å². The van der Waals surface area contributed by atoms with Crippen LogP contribution in [0.15, 0.2) is 66.7 Å². The molecule has 4 aromatic carbocycles. The van der Waals surface area contributed by atoms with E-state index in [9.17, 15) is 29.4 Å². The molecule has 3 N–H and O–H groups in total. The van der Waals surface area contributed by atoms with Gasteiger partial charge in [0.25, 0.3) is 5.91 Å². The summed E-state index contributed by atoms with van der Waals surface area (Å²) in [6, 6.07) is 18.3. The van der Waals surface area contributed by atoms with Gasteiger partial charge < -0.3 is 15.5 Å². The molecule has 12 heteroatoms. The predicted octanol–water partition coefficient (Wildman–Crippen LogP) is 8.08. The number of rotatable bonds is 7. The summed E-state index contributed by atoms with van der Waals surface area (Å²) in [5.74, 6) is -4.18. The van der Waals surface area contributed by atoms with Gasteiger partial charge in [-0.25, -0.2) is 9.59 Å². The van der Waals surface area contributed by atoms with Gasteiger partial charge in [0.15, 0.2) is 5.78 Å². The highest BCUT2D eigenvalue weighted by molar-refractivity contribution is 6.54. The number of aromatic nitrogens is 1. The predicted molar refractivity (Wildman–Crippen MR) is 162 cm³/mol. The van der Waals surface area contributed by atoms with E-state index in [0.717, 1.165) is 0 Å². The molecular formula is C30H16Cl4N2O6. The summed E-state index contributed by atoms with van der Waals surface area (Å²) in [6.07, 6.45) is -0.228.